The Morgan fingerprint density at radius 3 is 2.83 bits per heavy atom. The number of furan rings is 1. The number of hydrogen-bond acceptors (Lipinski definition) is 6. The van der Waals surface area contributed by atoms with Crippen LogP contribution in [0, 0.1) is 0 Å². The number of aromatic nitrogens is 2. The molecule has 2 aromatic rings. The van der Waals surface area contributed by atoms with Crippen molar-refractivity contribution in [1.82, 2.24) is 20.4 Å². The molecule has 1 atom stereocenters. The minimum atomic E-state index is -1.14. The molecule has 1 unspecified atom stereocenters. The van der Waals surface area contributed by atoms with Gasteiger partial charge in [-0.15, -0.1) is 0 Å². The molecule has 0 saturated carbocycles. The van der Waals surface area contributed by atoms with Gasteiger partial charge in [-0.3, -0.25) is 14.8 Å². The van der Waals surface area contributed by atoms with Gasteiger partial charge in [0.1, 0.15) is 5.76 Å². The summed E-state index contributed by atoms with van der Waals surface area (Å²) in [6.07, 6.45) is 2.25. The van der Waals surface area contributed by atoms with Crippen LogP contribution in [0.25, 0.3) is 0 Å². The average molecular weight is 320 g/mol. The van der Waals surface area contributed by atoms with Gasteiger partial charge >= 0.3 is 12.0 Å². The van der Waals surface area contributed by atoms with Crippen LogP contribution in [0.15, 0.2) is 35.0 Å². The number of rotatable bonds is 5. The number of amides is 3. The Labute approximate surface area is 131 Å². The van der Waals surface area contributed by atoms with E-state index in [1.165, 1.54) is 20.0 Å². The summed E-state index contributed by atoms with van der Waals surface area (Å²) in [4.78, 5) is 34.5. The standard InChI is InChI=1S/C14H16N4O5/c1-9(12(19)17-14(21)15-2)22-13(20)11-5-4-10(23-11)8-18-7-3-6-16-18/h3-7,9H,8H2,1-2H3,(H2,15,17,19,21). The summed E-state index contributed by atoms with van der Waals surface area (Å²) < 4.78 is 11.9. The Balaban J connectivity index is 1.91. The molecule has 2 rings (SSSR count). The molecule has 2 N–H and O–H groups in total. The molecule has 0 saturated heterocycles. The Morgan fingerprint density at radius 1 is 1.39 bits per heavy atom. The van der Waals surface area contributed by atoms with Crippen molar-refractivity contribution < 1.29 is 23.5 Å². The van der Waals surface area contributed by atoms with Gasteiger partial charge in [0, 0.05) is 19.4 Å². The van der Waals surface area contributed by atoms with Gasteiger partial charge in [-0.1, -0.05) is 0 Å². The van der Waals surface area contributed by atoms with Gasteiger partial charge in [-0.25, -0.2) is 9.59 Å². The number of nitrogens with zero attached hydrogens (tertiary/aromatic N) is 2. The smallest absolute Gasteiger partial charge is 0.375 e. The number of hydrogen-bond donors (Lipinski definition) is 2. The third kappa shape index (κ3) is 4.43. The molecule has 23 heavy (non-hydrogen) atoms. The molecular weight excluding hydrogens is 304 g/mol. The Hall–Kier alpha value is -3.10. The van der Waals surface area contributed by atoms with E-state index in [-0.39, 0.29) is 5.76 Å². The molecule has 0 fully saturated rings. The lowest BCUT2D eigenvalue weighted by molar-refractivity contribution is -0.128. The van der Waals surface area contributed by atoms with Gasteiger partial charge in [0.2, 0.25) is 5.76 Å². The first-order valence-corrected chi connectivity index (χ1v) is 6.79. The fraction of sp³-hybridized carbons (Fsp3) is 0.286. The maximum Gasteiger partial charge on any atom is 0.375 e. The molecule has 2 aromatic heterocycles. The summed E-state index contributed by atoms with van der Waals surface area (Å²) >= 11 is 0. The third-order valence-corrected chi connectivity index (χ3v) is 2.86. The lowest BCUT2D eigenvalue weighted by Gasteiger charge is -2.11. The summed E-state index contributed by atoms with van der Waals surface area (Å²) in [5, 5.41) is 8.26. The number of ether oxygens (including phenoxy) is 1. The molecule has 2 heterocycles. The fourth-order valence-corrected chi connectivity index (χ4v) is 1.67. The topological polar surface area (TPSA) is 115 Å². The number of nitrogens with one attached hydrogen (secondary N) is 2. The summed E-state index contributed by atoms with van der Waals surface area (Å²) in [5.74, 6) is -1.05. The van der Waals surface area contributed by atoms with E-state index in [0.717, 1.165) is 0 Å². The van der Waals surface area contributed by atoms with Crippen LogP contribution in [0.1, 0.15) is 23.2 Å². The highest BCUT2D eigenvalue weighted by Gasteiger charge is 2.22. The summed E-state index contributed by atoms with van der Waals surface area (Å²) in [6, 6.07) is 4.15. The average Bonchev–Trinajstić information content (AvgIpc) is 3.19. The van der Waals surface area contributed by atoms with Crippen molar-refractivity contribution in [2.75, 3.05) is 7.05 Å². The van der Waals surface area contributed by atoms with Crippen molar-refractivity contribution in [2.24, 2.45) is 0 Å². The SMILES string of the molecule is CNC(=O)NC(=O)C(C)OC(=O)c1ccc(Cn2cccn2)o1. The molecule has 3 amide bonds. The predicted octanol–water partition coefficient (Wildman–Crippen LogP) is 0.525. The monoisotopic (exact) mass is 320 g/mol. The van der Waals surface area contributed by atoms with Gasteiger partial charge in [0.05, 0.1) is 6.54 Å². The highest BCUT2D eigenvalue weighted by molar-refractivity contribution is 5.97. The minimum Gasteiger partial charge on any atom is -0.452 e. The normalized spacial score (nSPS) is 11.6. The highest BCUT2D eigenvalue weighted by atomic mass is 16.6. The molecule has 0 spiro atoms. The minimum absolute atomic E-state index is 0.0354. The first-order chi connectivity index (χ1) is 11.0. The van der Waals surface area contributed by atoms with E-state index in [9.17, 15) is 14.4 Å². The van der Waals surface area contributed by atoms with Crippen LogP contribution in [0.4, 0.5) is 4.79 Å². The summed E-state index contributed by atoms with van der Waals surface area (Å²) in [7, 11) is 1.36. The van der Waals surface area contributed by atoms with Crippen LogP contribution in [0.5, 0.6) is 0 Å². The van der Waals surface area contributed by atoms with E-state index in [0.29, 0.717) is 12.3 Å². The molecule has 0 aliphatic heterocycles. The zero-order valence-electron chi connectivity index (χ0n) is 12.6. The van der Waals surface area contributed by atoms with Crippen molar-refractivity contribution in [3.05, 3.63) is 42.1 Å². The largest absolute Gasteiger partial charge is 0.452 e. The second kappa shape index (κ2) is 7.25. The zero-order chi connectivity index (χ0) is 16.8. The van der Waals surface area contributed by atoms with Gasteiger partial charge < -0.3 is 14.5 Å². The molecule has 0 aliphatic rings. The van der Waals surface area contributed by atoms with Crippen molar-refractivity contribution in [3.63, 3.8) is 0 Å². The number of carbonyl (C=O) groups is 3. The molecule has 0 radical (unpaired) electrons. The number of urea groups is 1. The van der Waals surface area contributed by atoms with E-state index in [2.05, 4.69) is 10.4 Å². The van der Waals surface area contributed by atoms with E-state index in [1.807, 2.05) is 5.32 Å². The fourth-order valence-electron chi connectivity index (χ4n) is 1.67. The molecule has 122 valence electrons. The van der Waals surface area contributed by atoms with Crippen LogP contribution in [-0.2, 0) is 16.1 Å². The zero-order valence-corrected chi connectivity index (χ0v) is 12.6. The first-order valence-electron chi connectivity index (χ1n) is 6.79. The molecule has 9 nitrogen and oxygen atoms in total. The van der Waals surface area contributed by atoms with Crippen LogP contribution >= 0.6 is 0 Å². The van der Waals surface area contributed by atoms with Crippen LogP contribution < -0.4 is 10.6 Å². The predicted molar refractivity (Wildman–Crippen MR) is 77.5 cm³/mol. The van der Waals surface area contributed by atoms with Gasteiger partial charge in [-0.2, -0.15) is 5.10 Å². The second-order valence-electron chi connectivity index (χ2n) is 4.59. The number of carbonyl (C=O) groups excluding carboxylic acids is 3. The maximum absolute atomic E-state index is 11.9. The molecular formula is C14H16N4O5. The van der Waals surface area contributed by atoms with E-state index in [1.54, 1.807) is 29.2 Å². The maximum atomic E-state index is 11.9. The van der Waals surface area contributed by atoms with E-state index in [4.69, 9.17) is 9.15 Å². The van der Waals surface area contributed by atoms with E-state index >= 15 is 0 Å². The number of esters is 1. The summed E-state index contributed by atoms with van der Waals surface area (Å²) in [6.45, 7) is 1.72. The van der Waals surface area contributed by atoms with Gasteiger partial charge in [0.25, 0.3) is 5.91 Å². The van der Waals surface area contributed by atoms with Gasteiger partial charge in [-0.05, 0) is 25.1 Å². The van der Waals surface area contributed by atoms with Crippen LogP contribution in [-0.4, -0.2) is 40.8 Å². The Morgan fingerprint density at radius 2 is 2.17 bits per heavy atom. The van der Waals surface area contributed by atoms with Crippen molar-refractivity contribution in [2.45, 2.75) is 19.6 Å². The lowest BCUT2D eigenvalue weighted by atomic mass is 10.3. The van der Waals surface area contributed by atoms with Crippen molar-refractivity contribution >= 4 is 17.9 Å². The lowest BCUT2D eigenvalue weighted by Crippen LogP contribution is -2.43. The molecule has 0 aliphatic carbocycles. The highest BCUT2D eigenvalue weighted by Crippen LogP contribution is 2.11. The Bertz CT molecular complexity index is 692. The quantitative estimate of drug-likeness (QED) is 0.776. The van der Waals surface area contributed by atoms with Crippen molar-refractivity contribution in [3.8, 4) is 0 Å². The van der Waals surface area contributed by atoms with Crippen LogP contribution in [0.2, 0.25) is 0 Å². The molecule has 0 bridgehead atoms. The first kappa shape index (κ1) is 16.3. The van der Waals surface area contributed by atoms with Crippen molar-refractivity contribution in [1.29, 1.82) is 0 Å². The Kier molecular flexibility index (Phi) is 5.13. The second-order valence-corrected chi connectivity index (χ2v) is 4.59. The molecule has 9 heteroatoms. The third-order valence-electron chi connectivity index (χ3n) is 2.86. The molecule has 0 aromatic carbocycles. The van der Waals surface area contributed by atoms with E-state index < -0.39 is 24.0 Å². The van der Waals surface area contributed by atoms with Crippen LogP contribution in [0.3, 0.4) is 0 Å². The number of imide groups is 1. The summed E-state index contributed by atoms with van der Waals surface area (Å²) in [5.41, 5.74) is 0. The van der Waals surface area contributed by atoms with Gasteiger partial charge in [0.15, 0.2) is 6.10 Å².